The van der Waals surface area contributed by atoms with Gasteiger partial charge in [-0.05, 0) is 18.2 Å². The maximum Gasteiger partial charge on any atom is 0.192 e. The molecule has 2 rings (SSSR count). The number of carbonyl (C=O) groups is 1. The van der Waals surface area contributed by atoms with E-state index in [4.69, 9.17) is 15.3 Å². The summed E-state index contributed by atoms with van der Waals surface area (Å²) in [6, 6.07) is 4.02. The molecule has 0 aliphatic heterocycles. The summed E-state index contributed by atoms with van der Waals surface area (Å²) in [5.74, 6) is 0.246. The van der Waals surface area contributed by atoms with Gasteiger partial charge in [-0.25, -0.2) is 4.98 Å². The van der Waals surface area contributed by atoms with Gasteiger partial charge in [0, 0.05) is 12.5 Å². The highest BCUT2D eigenvalue weighted by Gasteiger charge is 2.15. The molecular formula is C11H12N2O3. The summed E-state index contributed by atoms with van der Waals surface area (Å²) in [5, 5.41) is 8.80. The van der Waals surface area contributed by atoms with Crippen LogP contribution in [-0.4, -0.2) is 28.5 Å². The quantitative estimate of drug-likeness (QED) is 0.741. The van der Waals surface area contributed by atoms with Crippen molar-refractivity contribution < 1.29 is 14.3 Å². The molecule has 2 aromatic rings. The molecule has 0 saturated heterocycles. The molecule has 0 radical (unpaired) electrons. The Kier molecular flexibility index (Phi) is 2.72. The van der Waals surface area contributed by atoms with Crippen LogP contribution in [0, 0.1) is 6.92 Å². The lowest BCUT2D eigenvalue weighted by molar-refractivity contribution is 0.0925. The second-order valence-corrected chi connectivity index (χ2v) is 3.57. The highest BCUT2D eigenvalue weighted by Crippen LogP contribution is 2.17. The molecule has 1 heterocycles. The summed E-state index contributed by atoms with van der Waals surface area (Å²) in [7, 11) is 0. The number of hydrogen-bond donors (Lipinski definition) is 2. The van der Waals surface area contributed by atoms with Crippen LogP contribution in [0.4, 0.5) is 0 Å². The number of ketones is 1. The molecule has 3 N–H and O–H groups in total. The number of oxazole rings is 1. The minimum absolute atomic E-state index is 0.301. The molecule has 1 aromatic heterocycles. The molecule has 1 aromatic carbocycles. The lowest BCUT2D eigenvalue weighted by atomic mass is 10.1. The third-order valence-corrected chi connectivity index (χ3v) is 2.31. The maximum absolute atomic E-state index is 11.7. The average Bonchev–Trinajstić information content (AvgIpc) is 2.65. The maximum atomic E-state index is 11.7. The van der Waals surface area contributed by atoms with E-state index in [-0.39, 0.29) is 12.4 Å². The highest BCUT2D eigenvalue weighted by molar-refractivity contribution is 6.02. The summed E-state index contributed by atoms with van der Waals surface area (Å²) < 4.78 is 5.29. The van der Waals surface area contributed by atoms with Gasteiger partial charge >= 0.3 is 0 Å². The number of Topliss-reactive ketones (excluding diaryl/α,β-unsaturated/α-hetero) is 1. The van der Waals surface area contributed by atoms with Gasteiger partial charge in [0.1, 0.15) is 5.52 Å². The van der Waals surface area contributed by atoms with Crippen LogP contribution in [-0.2, 0) is 0 Å². The zero-order valence-electron chi connectivity index (χ0n) is 8.80. The molecule has 16 heavy (non-hydrogen) atoms. The van der Waals surface area contributed by atoms with Crippen molar-refractivity contribution >= 4 is 16.9 Å². The van der Waals surface area contributed by atoms with Crippen LogP contribution in [0.1, 0.15) is 16.2 Å². The Hall–Kier alpha value is -1.72. The molecule has 1 atom stereocenters. The summed E-state index contributed by atoms with van der Waals surface area (Å²) in [6.07, 6.45) is 0. The number of benzene rings is 1. The first kappa shape index (κ1) is 10.8. The van der Waals surface area contributed by atoms with Crippen LogP contribution in [0.3, 0.4) is 0 Å². The summed E-state index contributed by atoms with van der Waals surface area (Å²) in [5.41, 5.74) is 7.14. The largest absolute Gasteiger partial charge is 0.441 e. The van der Waals surface area contributed by atoms with Gasteiger partial charge < -0.3 is 15.3 Å². The fourth-order valence-electron chi connectivity index (χ4n) is 1.49. The van der Waals surface area contributed by atoms with Gasteiger partial charge in [0.05, 0.1) is 12.6 Å². The Morgan fingerprint density at radius 2 is 2.38 bits per heavy atom. The molecule has 0 fully saturated rings. The summed E-state index contributed by atoms with van der Waals surface area (Å²) >= 11 is 0. The summed E-state index contributed by atoms with van der Waals surface area (Å²) in [6.45, 7) is 1.37. The first-order valence-corrected chi connectivity index (χ1v) is 4.89. The lowest BCUT2D eigenvalue weighted by Gasteiger charge is -2.06. The Balaban J connectivity index is 2.42. The van der Waals surface area contributed by atoms with E-state index in [0.717, 1.165) is 0 Å². The number of nitrogens with zero attached hydrogens (tertiary/aromatic N) is 1. The third-order valence-electron chi connectivity index (χ3n) is 2.31. The van der Waals surface area contributed by atoms with Crippen molar-refractivity contribution in [3.8, 4) is 0 Å². The molecular weight excluding hydrogens is 208 g/mol. The first-order chi connectivity index (χ1) is 7.61. The van der Waals surface area contributed by atoms with Crippen molar-refractivity contribution in [2.24, 2.45) is 5.73 Å². The van der Waals surface area contributed by atoms with Gasteiger partial charge in [-0.2, -0.15) is 0 Å². The van der Waals surface area contributed by atoms with E-state index in [1.807, 2.05) is 0 Å². The minimum atomic E-state index is -0.884. The topological polar surface area (TPSA) is 89.4 Å². The van der Waals surface area contributed by atoms with Crippen LogP contribution in [0.2, 0.25) is 0 Å². The lowest BCUT2D eigenvalue weighted by Crippen LogP contribution is -2.33. The van der Waals surface area contributed by atoms with Crippen LogP contribution in [0.5, 0.6) is 0 Å². The van der Waals surface area contributed by atoms with E-state index in [2.05, 4.69) is 4.98 Å². The van der Waals surface area contributed by atoms with E-state index >= 15 is 0 Å². The predicted molar refractivity (Wildman–Crippen MR) is 58.1 cm³/mol. The van der Waals surface area contributed by atoms with Crippen molar-refractivity contribution in [1.82, 2.24) is 4.98 Å². The van der Waals surface area contributed by atoms with E-state index in [1.54, 1.807) is 25.1 Å². The van der Waals surface area contributed by atoms with Gasteiger partial charge in [0.25, 0.3) is 0 Å². The number of hydrogen-bond acceptors (Lipinski definition) is 5. The number of fused-ring (bicyclic) bond motifs is 1. The molecule has 5 heteroatoms. The summed E-state index contributed by atoms with van der Waals surface area (Å²) in [4.78, 5) is 15.8. The minimum Gasteiger partial charge on any atom is -0.441 e. The molecule has 0 aliphatic carbocycles. The van der Waals surface area contributed by atoms with Crippen molar-refractivity contribution in [3.05, 3.63) is 29.7 Å². The number of nitrogens with two attached hydrogens (primary N) is 1. The van der Waals surface area contributed by atoms with Crippen LogP contribution < -0.4 is 5.73 Å². The average molecular weight is 220 g/mol. The number of aryl methyl sites for hydroxylation is 1. The Morgan fingerprint density at radius 3 is 3.06 bits per heavy atom. The fourth-order valence-corrected chi connectivity index (χ4v) is 1.49. The zero-order valence-corrected chi connectivity index (χ0v) is 8.80. The number of rotatable bonds is 3. The fraction of sp³-hybridized carbons (Fsp3) is 0.273. The van der Waals surface area contributed by atoms with E-state index < -0.39 is 6.04 Å². The molecule has 1 unspecified atom stereocenters. The van der Waals surface area contributed by atoms with E-state index in [1.165, 1.54) is 0 Å². The molecule has 0 amide bonds. The van der Waals surface area contributed by atoms with Gasteiger partial charge in [-0.15, -0.1) is 0 Å². The normalized spacial score (nSPS) is 12.9. The van der Waals surface area contributed by atoms with Gasteiger partial charge in [0.2, 0.25) is 0 Å². The standard InChI is InChI=1S/C11H12N2O3/c1-6-13-9-4-7(2-3-10(9)16-6)11(15)8(12)5-14/h2-4,8,14H,5,12H2,1H3. The van der Waals surface area contributed by atoms with Crippen LogP contribution in [0.15, 0.2) is 22.6 Å². The molecule has 5 nitrogen and oxygen atoms in total. The van der Waals surface area contributed by atoms with Crippen molar-refractivity contribution in [2.45, 2.75) is 13.0 Å². The van der Waals surface area contributed by atoms with Crippen LogP contribution in [0.25, 0.3) is 11.1 Å². The van der Waals surface area contributed by atoms with Crippen molar-refractivity contribution in [2.75, 3.05) is 6.61 Å². The molecule has 84 valence electrons. The van der Waals surface area contributed by atoms with Crippen molar-refractivity contribution in [1.29, 1.82) is 0 Å². The number of aromatic nitrogens is 1. The molecule has 0 spiro atoms. The smallest absolute Gasteiger partial charge is 0.192 e. The van der Waals surface area contributed by atoms with E-state index in [9.17, 15) is 4.79 Å². The van der Waals surface area contributed by atoms with E-state index in [0.29, 0.717) is 22.6 Å². The first-order valence-electron chi connectivity index (χ1n) is 4.89. The molecule has 0 aliphatic rings. The van der Waals surface area contributed by atoms with Gasteiger partial charge in [0.15, 0.2) is 17.3 Å². The number of carbonyl (C=O) groups excluding carboxylic acids is 1. The zero-order chi connectivity index (χ0) is 11.7. The predicted octanol–water partition coefficient (Wildman–Crippen LogP) is 0.639. The van der Waals surface area contributed by atoms with Gasteiger partial charge in [-0.1, -0.05) is 0 Å². The Labute approximate surface area is 91.9 Å². The van der Waals surface area contributed by atoms with Gasteiger partial charge in [-0.3, -0.25) is 4.79 Å². The molecule has 0 saturated carbocycles. The SMILES string of the molecule is Cc1nc2cc(C(=O)C(N)CO)ccc2o1. The monoisotopic (exact) mass is 220 g/mol. The number of aliphatic hydroxyl groups is 1. The second kappa shape index (κ2) is 4.03. The van der Waals surface area contributed by atoms with Crippen molar-refractivity contribution in [3.63, 3.8) is 0 Å². The second-order valence-electron chi connectivity index (χ2n) is 3.57. The Morgan fingerprint density at radius 1 is 1.62 bits per heavy atom. The Bertz CT molecular complexity index is 533. The number of aliphatic hydroxyl groups excluding tert-OH is 1. The van der Waals surface area contributed by atoms with Crippen LogP contribution >= 0.6 is 0 Å². The third kappa shape index (κ3) is 1.82. The highest BCUT2D eigenvalue weighted by atomic mass is 16.3. The molecule has 0 bridgehead atoms.